The van der Waals surface area contributed by atoms with E-state index in [1.165, 1.54) is 38.1 Å². The number of methoxy groups -OCH3 is 1. The lowest BCUT2D eigenvalue weighted by molar-refractivity contribution is -0.279. The minimum absolute atomic E-state index is 0.0416. The van der Waals surface area contributed by atoms with Crippen LogP contribution >= 0.6 is 0 Å². The number of carbonyl (C=O) groups is 3. The highest BCUT2D eigenvalue weighted by Gasteiger charge is 2.69. The molecule has 4 aliphatic carbocycles. The Hall–Kier alpha value is -2.68. The number of Topliss-reactive ketones (excluding diaryl/α,β-unsaturated/α-hetero) is 1. The lowest BCUT2D eigenvalue weighted by Gasteiger charge is -2.69. The Labute approximate surface area is 270 Å². The summed E-state index contributed by atoms with van der Waals surface area (Å²) in [6.07, 6.45) is 0.769. The third kappa shape index (κ3) is 5.14. The van der Waals surface area contributed by atoms with E-state index in [2.05, 4.69) is 27.7 Å². The molecule has 6 nitrogen and oxygen atoms in total. The van der Waals surface area contributed by atoms with Gasteiger partial charge in [-0.25, -0.2) is 4.79 Å². The molecule has 0 bridgehead atoms. The van der Waals surface area contributed by atoms with Gasteiger partial charge in [-0.1, -0.05) is 77.4 Å². The number of hydrogen-bond acceptors (Lipinski definition) is 6. The molecule has 1 aromatic rings. The molecule has 0 radical (unpaired) electrons. The molecule has 0 heterocycles. The van der Waals surface area contributed by atoms with Gasteiger partial charge in [0.25, 0.3) is 5.60 Å². The highest BCUT2D eigenvalue weighted by Crippen LogP contribution is 2.72. The normalized spacial score (nSPS) is 38.2. The van der Waals surface area contributed by atoms with Gasteiger partial charge in [0.2, 0.25) is 0 Å². The molecule has 5 rings (SSSR count). The number of hydrogen-bond donors (Lipinski definition) is 0. The summed E-state index contributed by atoms with van der Waals surface area (Å²) in [4.78, 5) is 39.5. The average Bonchev–Trinajstić information content (AvgIpc) is 2.94. The monoisotopic (exact) mass is 646 g/mol. The maximum atomic E-state index is 14.8. The first-order valence-electron chi connectivity index (χ1n) is 16.6. The van der Waals surface area contributed by atoms with Crippen LogP contribution in [0.15, 0.2) is 42.0 Å². The first-order chi connectivity index (χ1) is 21.3. The Morgan fingerprint density at radius 1 is 0.826 bits per heavy atom. The van der Waals surface area contributed by atoms with Crippen molar-refractivity contribution in [1.29, 1.82) is 0 Å². The van der Waals surface area contributed by atoms with Gasteiger partial charge in [-0.2, -0.15) is 13.2 Å². The van der Waals surface area contributed by atoms with E-state index >= 15 is 0 Å². The quantitative estimate of drug-likeness (QED) is 0.291. The van der Waals surface area contributed by atoms with Crippen LogP contribution < -0.4 is 0 Å². The summed E-state index contributed by atoms with van der Waals surface area (Å²) in [6.45, 7) is 14.0. The fourth-order valence-electron chi connectivity index (χ4n) is 10.9. The fraction of sp³-hybridized carbons (Fsp3) is 0.703. The molecule has 3 saturated carbocycles. The van der Waals surface area contributed by atoms with Crippen molar-refractivity contribution in [2.24, 2.45) is 39.4 Å². The van der Waals surface area contributed by atoms with Crippen LogP contribution in [0.3, 0.4) is 0 Å². The molecule has 0 aromatic heterocycles. The van der Waals surface area contributed by atoms with E-state index in [9.17, 15) is 27.6 Å². The van der Waals surface area contributed by atoms with Gasteiger partial charge in [-0.05, 0) is 79.4 Å². The van der Waals surface area contributed by atoms with Crippen LogP contribution in [0.5, 0.6) is 0 Å². The average molecular weight is 647 g/mol. The van der Waals surface area contributed by atoms with Crippen LogP contribution in [0, 0.1) is 39.4 Å². The smallest absolute Gasteiger partial charge is 0.432 e. The second-order valence-corrected chi connectivity index (χ2v) is 15.8. The van der Waals surface area contributed by atoms with E-state index in [0.29, 0.717) is 12.3 Å². The van der Waals surface area contributed by atoms with E-state index < -0.39 is 52.7 Å². The number of rotatable bonds is 6. The minimum Gasteiger partial charge on any atom is -0.462 e. The minimum atomic E-state index is -5.15. The Morgan fingerprint density at radius 2 is 1.46 bits per heavy atom. The Morgan fingerprint density at radius 3 is 2.02 bits per heavy atom. The van der Waals surface area contributed by atoms with Crippen molar-refractivity contribution in [3.05, 3.63) is 47.5 Å². The first-order valence-corrected chi connectivity index (χ1v) is 16.6. The Bertz CT molecular complexity index is 1400. The lowest BCUT2D eigenvalue weighted by atomic mass is 9.35. The first kappa shape index (κ1) is 34.6. The molecule has 0 saturated heterocycles. The number of ether oxygens (including phenoxy) is 3. The largest absolute Gasteiger partial charge is 0.462 e. The summed E-state index contributed by atoms with van der Waals surface area (Å²) in [7, 11) is 0.836. The second kappa shape index (κ2) is 11.5. The number of benzene rings is 1. The van der Waals surface area contributed by atoms with Gasteiger partial charge in [0.1, 0.15) is 12.2 Å². The van der Waals surface area contributed by atoms with Crippen molar-refractivity contribution in [3.8, 4) is 0 Å². The number of esters is 2. The van der Waals surface area contributed by atoms with E-state index in [0.717, 1.165) is 39.2 Å². The van der Waals surface area contributed by atoms with Gasteiger partial charge < -0.3 is 14.2 Å². The zero-order valence-corrected chi connectivity index (χ0v) is 28.4. The van der Waals surface area contributed by atoms with Crippen LogP contribution in [0.4, 0.5) is 13.2 Å². The number of carbonyl (C=O) groups excluding carboxylic acids is 3. The van der Waals surface area contributed by atoms with Gasteiger partial charge >= 0.3 is 18.1 Å². The molecular weight excluding hydrogens is 597 g/mol. The molecule has 3 fully saturated rings. The van der Waals surface area contributed by atoms with Crippen molar-refractivity contribution in [2.45, 2.75) is 117 Å². The van der Waals surface area contributed by atoms with Crippen LogP contribution in [0.2, 0.25) is 0 Å². The number of fused-ring (bicyclic) bond motifs is 5. The summed E-state index contributed by atoms with van der Waals surface area (Å²) in [5.41, 5.74) is -4.67. The number of halogens is 3. The van der Waals surface area contributed by atoms with Crippen molar-refractivity contribution in [1.82, 2.24) is 0 Å². The molecule has 46 heavy (non-hydrogen) atoms. The maximum Gasteiger partial charge on any atom is 0.432 e. The molecule has 0 N–H and O–H groups in total. The Balaban J connectivity index is 1.61. The molecule has 9 heteroatoms. The standard InChI is InChI=1S/C37H49F3O6/c1-22(41)25-21-35(7)28(19-26(25)46-31(43)36(44-8,37(38,39)40)24-13-10-9-11-14-24)34(6)18-15-27-32(3,4)16-12-17-33(27,5)29(34)20-30(35)45-23(2)42/h9-11,13-14,21,26-30H,12,15-20H2,1-8H3/t26-,27-,28-,29+,30-,33-,34-,35+,36-/m0/s1. The highest BCUT2D eigenvalue weighted by atomic mass is 19.4. The highest BCUT2D eigenvalue weighted by molar-refractivity contribution is 5.95. The third-order valence-corrected chi connectivity index (χ3v) is 12.9. The van der Waals surface area contributed by atoms with E-state index in [4.69, 9.17) is 14.2 Å². The molecule has 0 spiro atoms. The van der Waals surface area contributed by atoms with E-state index in [-0.39, 0.29) is 40.1 Å². The van der Waals surface area contributed by atoms with Crippen LogP contribution in [-0.2, 0) is 34.2 Å². The molecule has 254 valence electrons. The summed E-state index contributed by atoms with van der Waals surface area (Å²) in [5, 5.41) is 0. The zero-order valence-electron chi connectivity index (χ0n) is 28.4. The van der Waals surface area contributed by atoms with Crippen LogP contribution in [-0.4, -0.2) is 43.2 Å². The van der Waals surface area contributed by atoms with Gasteiger partial charge in [-0.3, -0.25) is 9.59 Å². The van der Waals surface area contributed by atoms with E-state index in [1.807, 2.05) is 6.92 Å². The van der Waals surface area contributed by atoms with Gasteiger partial charge in [0, 0.05) is 30.6 Å². The summed E-state index contributed by atoms with van der Waals surface area (Å²) in [6, 6.07) is 6.71. The fourth-order valence-corrected chi connectivity index (χ4v) is 10.9. The van der Waals surface area contributed by atoms with Crippen LogP contribution in [0.25, 0.3) is 0 Å². The zero-order chi connectivity index (χ0) is 34.1. The number of alkyl halides is 3. The molecule has 0 amide bonds. The molecule has 4 aliphatic rings. The van der Waals surface area contributed by atoms with Gasteiger partial charge in [-0.15, -0.1) is 0 Å². The topological polar surface area (TPSA) is 78.9 Å². The van der Waals surface area contributed by atoms with Gasteiger partial charge in [0.15, 0.2) is 5.78 Å². The molecule has 0 aliphatic heterocycles. The SMILES string of the molecule is CO[C@](C(=O)O[C@H]1C[C@@H]2[C@@](C)(C=C1C(C)=O)[C@@H](OC(C)=O)C[C@H]1[C@@]2(C)CC[C@H]2C(C)(C)CCC[C@]12C)(c1ccccc1)C(F)(F)F. The molecule has 0 unspecified atom stereocenters. The third-order valence-electron chi connectivity index (χ3n) is 12.9. The van der Waals surface area contributed by atoms with Crippen molar-refractivity contribution in [2.75, 3.05) is 7.11 Å². The Kier molecular flexibility index (Phi) is 8.65. The molecule has 9 atom stereocenters. The van der Waals surface area contributed by atoms with Crippen molar-refractivity contribution < 1.29 is 41.8 Å². The molecular formula is C37H49F3O6. The predicted molar refractivity (Wildman–Crippen MR) is 166 cm³/mol. The number of ketones is 1. The summed E-state index contributed by atoms with van der Waals surface area (Å²) < 4.78 is 61.4. The predicted octanol–water partition coefficient (Wildman–Crippen LogP) is 8.13. The lowest BCUT2D eigenvalue weighted by Crippen LogP contribution is -2.66. The van der Waals surface area contributed by atoms with Gasteiger partial charge in [0.05, 0.1) is 0 Å². The van der Waals surface area contributed by atoms with Crippen molar-refractivity contribution >= 4 is 17.7 Å². The summed E-state index contributed by atoms with van der Waals surface area (Å²) >= 11 is 0. The maximum absolute atomic E-state index is 14.8. The molecule has 1 aromatic carbocycles. The van der Waals surface area contributed by atoms with Crippen LogP contribution in [0.1, 0.15) is 99.0 Å². The second-order valence-electron chi connectivity index (χ2n) is 15.8. The van der Waals surface area contributed by atoms with Crippen molar-refractivity contribution in [3.63, 3.8) is 0 Å². The summed E-state index contributed by atoms with van der Waals surface area (Å²) in [5.74, 6) is -2.07. The van der Waals surface area contributed by atoms with E-state index in [1.54, 1.807) is 12.1 Å².